The number of nitrogens with one attached hydrogen (secondary N) is 2. The normalized spacial score (nSPS) is 18.4. The summed E-state index contributed by atoms with van der Waals surface area (Å²) < 4.78 is 0. The summed E-state index contributed by atoms with van der Waals surface area (Å²) in [6.07, 6.45) is 4.43. The number of piperidine rings is 1. The minimum Gasteiger partial charge on any atom is -0.399 e. The van der Waals surface area contributed by atoms with Crippen LogP contribution in [0.4, 0.5) is 5.69 Å². The number of hydrogen-bond donors (Lipinski definition) is 3. The smallest absolute Gasteiger partial charge is 0.262 e. The summed E-state index contributed by atoms with van der Waals surface area (Å²) in [5, 5.41) is 4.94. The van der Waals surface area contributed by atoms with Crippen molar-refractivity contribution in [3.05, 3.63) is 28.8 Å². The highest BCUT2D eigenvalue weighted by Crippen LogP contribution is 2.31. The van der Waals surface area contributed by atoms with Crippen molar-refractivity contribution in [1.29, 1.82) is 0 Å². The number of fused-ring (bicyclic) bond motifs is 1. The Morgan fingerprint density at radius 3 is 2.63 bits per heavy atom. The molecule has 0 aromatic heterocycles. The Hall–Kier alpha value is -3.23. The molecule has 2 aliphatic heterocycles. The number of anilines is 1. The number of carbonyl (C=O) groups excluding carboxylic acids is 5. The lowest BCUT2D eigenvalue weighted by molar-refractivity contribution is -0.136. The molecule has 1 fully saturated rings. The van der Waals surface area contributed by atoms with Gasteiger partial charge in [0.05, 0.1) is 11.1 Å². The van der Waals surface area contributed by atoms with E-state index in [0.717, 1.165) is 30.6 Å². The molecule has 1 aromatic carbocycles. The molecular formula is C21H26N4O5. The summed E-state index contributed by atoms with van der Waals surface area (Å²) in [5.41, 5.74) is 6.88. The van der Waals surface area contributed by atoms with Crippen molar-refractivity contribution in [3.63, 3.8) is 0 Å². The van der Waals surface area contributed by atoms with Gasteiger partial charge in [0, 0.05) is 25.1 Å². The molecule has 3 rings (SSSR count). The van der Waals surface area contributed by atoms with Crippen LogP contribution in [0, 0.1) is 0 Å². The summed E-state index contributed by atoms with van der Waals surface area (Å²) in [5.74, 6) is -2.48. The van der Waals surface area contributed by atoms with E-state index in [9.17, 15) is 24.0 Å². The molecule has 1 aromatic rings. The maximum atomic E-state index is 13.0. The average molecular weight is 414 g/mol. The summed E-state index contributed by atoms with van der Waals surface area (Å²) in [4.78, 5) is 62.5. The van der Waals surface area contributed by atoms with Crippen molar-refractivity contribution in [3.8, 4) is 0 Å². The lowest BCUT2D eigenvalue weighted by atomic mass is 10.0. The van der Waals surface area contributed by atoms with E-state index in [0.29, 0.717) is 12.0 Å². The number of rotatable bonds is 8. The highest BCUT2D eigenvalue weighted by molar-refractivity contribution is 6.24. The number of benzene rings is 1. The standard InChI is InChI=1S/C21H26N4O5/c1-2-3-4-5-6-16(26)23-11-12-9-13(22)10-14-18(12)21(30)25(20(14)29)15-7-8-17(27)24-19(15)28/h9-10,15H,2-8,11,22H2,1H3,(H,23,26)(H,24,27,28). The summed E-state index contributed by atoms with van der Waals surface area (Å²) in [6.45, 7) is 2.15. The van der Waals surface area contributed by atoms with Gasteiger partial charge in [0.1, 0.15) is 6.04 Å². The van der Waals surface area contributed by atoms with Crippen molar-refractivity contribution in [2.75, 3.05) is 5.73 Å². The zero-order valence-corrected chi connectivity index (χ0v) is 17.0. The zero-order valence-electron chi connectivity index (χ0n) is 17.0. The molecule has 0 radical (unpaired) electrons. The van der Waals surface area contributed by atoms with Crippen LogP contribution in [0.15, 0.2) is 12.1 Å². The Balaban J connectivity index is 1.76. The van der Waals surface area contributed by atoms with Crippen LogP contribution in [0.3, 0.4) is 0 Å². The fourth-order valence-corrected chi connectivity index (χ4v) is 3.84. The third kappa shape index (κ3) is 4.34. The van der Waals surface area contributed by atoms with Crippen LogP contribution in [0.25, 0.3) is 0 Å². The summed E-state index contributed by atoms with van der Waals surface area (Å²) in [6, 6.07) is 1.91. The number of carbonyl (C=O) groups is 5. The van der Waals surface area contributed by atoms with E-state index in [4.69, 9.17) is 5.73 Å². The minimum absolute atomic E-state index is 0.0485. The average Bonchev–Trinajstić information content (AvgIpc) is 2.94. The van der Waals surface area contributed by atoms with E-state index in [1.165, 1.54) is 6.07 Å². The van der Waals surface area contributed by atoms with Crippen LogP contribution >= 0.6 is 0 Å². The Labute approximate surface area is 174 Å². The van der Waals surface area contributed by atoms with Gasteiger partial charge in [0.15, 0.2) is 0 Å². The van der Waals surface area contributed by atoms with E-state index >= 15 is 0 Å². The van der Waals surface area contributed by atoms with Gasteiger partial charge in [-0.3, -0.25) is 34.2 Å². The molecule has 4 N–H and O–H groups in total. The third-order valence-corrected chi connectivity index (χ3v) is 5.38. The second kappa shape index (κ2) is 9.06. The monoisotopic (exact) mass is 414 g/mol. The quantitative estimate of drug-likeness (QED) is 0.332. The number of amides is 5. The first kappa shape index (κ1) is 21.5. The molecule has 5 amide bonds. The number of unbranched alkanes of at least 4 members (excludes halogenated alkanes) is 3. The van der Waals surface area contributed by atoms with Gasteiger partial charge in [0.25, 0.3) is 11.8 Å². The predicted octanol–water partition coefficient (Wildman–Crippen LogP) is 1.26. The van der Waals surface area contributed by atoms with Crippen molar-refractivity contribution < 1.29 is 24.0 Å². The van der Waals surface area contributed by atoms with Gasteiger partial charge in [-0.25, -0.2) is 0 Å². The molecule has 2 heterocycles. The summed E-state index contributed by atoms with van der Waals surface area (Å²) in [7, 11) is 0. The molecule has 30 heavy (non-hydrogen) atoms. The van der Waals surface area contributed by atoms with Gasteiger partial charge < -0.3 is 11.1 Å². The molecule has 0 spiro atoms. The van der Waals surface area contributed by atoms with Gasteiger partial charge in [-0.05, 0) is 30.5 Å². The van der Waals surface area contributed by atoms with Crippen molar-refractivity contribution in [1.82, 2.24) is 15.5 Å². The van der Waals surface area contributed by atoms with Crippen molar-refractivity contribution in [2.24, 2.45) is 0 Å². The van der Waals surface area contributed by atoms with E-state index in [-0.39, 0.29) is 42.1 Å². The van der Waals surface area contributed by atoms with Gasteiger partial charge in [-0.2, -0.15) is 0 Å². The molecule has 160 valence electrons. The first-order chi connectivity index (χ1) is 14.3. The van der Waals surface area contributed by atoms with Crippen LogP contribution in [0.2, 0.25) is 0 Å². The Kier molecular flexibility index (Phi) is 6.49. The summed E-state index contributed by atoms with van der Waals surface area (Å²) >= 11 is 0. The zero-order chi connectivity index (χ0) is 21.8. The fraction of sp³-hybridized carbons (Fsp3) is 0.476. The number of nitrogens with two attached hydrogens (primary N) is 1. The first-order valence-electron chi connectivity index (χ1n) is 10.2. The molecule has 9 nitrogen and oxygen atoms in total. The highest BCUT2D eigenvalue weighted by Gasteiger charge is 2.45. The second-order valence-corrected chi connectivity index (χ2v) is 7.64. The lowest BCUT2D eigenvalue weighted by Gasteiger charge is -2.27. The maximum Gasteiger partial charge on any atom is 0.262 e. The predicted molar refractivity (Wildman–Crippen MR) is 108 cm³/mol. The SMILES string of the molecule is CCCCCCC(=O)NCc1cc(N)cc2c1C(=O)N(C1CCC(=O)NC1=O)C2=O. The maximum absolute atomic E-state index is 13.0. The number of imide groups is 2. The largest absolute Gasteiger partial charge is 0.399 e. The Bertz CT molecular complexity index is 911. The van der Waals surface area contributed by atoms with Crippen LogP contribution in [-0.4, -0.2) is 40.5 Å². The number of hydrogen-bond acceptors (Lipinski definition) is 6. The molecule has 2 aliphatic rings. The van der Waals surface area contributed by atoms with Gasteiger partial charge in [0.2, 0.25) is 17.7 Å². The van der Waals surface area contributed by atoms with Crippen LogP contribution in [0.1, 0.15) is 78.1 Å². The molecule has 0 bridgehead atoms. The highest BCUT2D eigenvalue weighted by atomic mass is 16.2. The second-order valence-electron chi connectivity index (χ2n) is 7.64. The van der Waals surface area contributed by atoms with Gasteiger partial charge >= 0.3 is 0 Å². The van der Waals surface area contributed by atoms with E-state index in [1.807, 2.05) is 0 Å². The fourth-order valence-electron chi connectivity index (χ4n) is 3.84. The number of nitrogen functional groups attached to an aromatic ring is 1. The third-order valence-electron chi connectivity index (χ3n) is 5.38. The topological polar surface area (TPSA) is 139 Å². The van der Waals surface area contributed by atoms with Crippen molar-refractivity contribution >= 4 is 35.2 Å². The lowest BCUT2D eigenvalue weighted by Crippen LogP contribution is -2.54. The van der Waals surface area contributed by atoms with Gasteiger partial charge in [-0.15, -0.1) is 0 Å². The first-order valence-corrected chi connectivity index (χ1v) is 10.2. The molecule has 9 heteroatoms. The van der Waals surface area contributed by atoms with E-state index < -0.39 is 29.7 Å². The Morgan fingerprint density at radius 1 is 1.17 bits per heavy atom. The van der Waals surface area contributed by atoms with E-state index in [2.05, 4.69) is 17.6 Å². The van der Waals surface area contributed by atoms with Crippen LogP contribution < -0.4 is 16.4 Å². The van der Waals surface area contributed by atoms with E-state index in [1.54, 1.807) is 6.07 Å². The number of nitrogens with zero attached hydrogens (tertiary/aromatic N) is 1. The van der Waals surface area contributed by atoms with Crippen LogP contribution in [0.5, 0.6) is 0 Å². The Morgan fingerprint density at radius 2 is 1.93 bits per heavy atom. The minimum atomic E-state index is -1.04. The molecule has 1 saturated heterocycles. The molecule has 0 saturated carbocycles. The van der Waals surface area contributed by atoms with Crippen molar-refractivity contribution in [2.45, 2.75) is 64.5 Å². The molecule has 0 aliphatic carbocycles. The molecule has 1 unspecified atom stereocenters. The van der Waals surface area contributed by atoms with Crippen LogP contribution in [-0.2, 0) is 20.9 Å². The van der Waals surface area contributed by atoms with Gasteiger partial charge in [-0.1, -0.05) is 26.2 Å². The molecular weight excluding hydrogens is 388 g/mol. The molecule has 1 atom stereocenters.